The Morgan fingerprint density at radius 3 is 2.42 bits per heavy atom. The number of nitrogens with one attached hydrogen (secondary N) is 1. The molecule has 0 spiro atoms. The van der Waals surface area contributed by atoms with Gasteiger partial charge in [-0.05, 0) is 6.92 Å². The molecule has 0 aromatic rings. The van der Waals surface area contributed by atoms with E-state index >= 15 is 0 Å². The van der Waals surface area contributed by atoms with Crippen LogP contribution in [0.4, 0.5) is 0 Å². The minimum absolute atomic E-state index is 0.0950. The normalized spacial score (nSPS) is 11.8. The quantitative estimate of drug-likeness (QED) is 0.243. The second-order valence-electron chi connectivity index (χ2n) is 2.33. The average Bonchev–Trinajstić information content (AvgIpc) is 2.00. The van der Waals surface area contributed by atoms with Crippen molar-refractivity contribution in [2.75, 3.05) is 0 Å². The lowest BCUT2D eigenvalue weighted by Gasteiger charge is -2.00. The van der Waals surface area contributed by atoms with Crippen LogP contribution in [0, 0.1) is 5.41 Å². The molecule has 12 heavy (non-hydrogen) atoms. The van der Waals surface area contributed by atoms with Crippen LogP contribution in [0.2, 0.25) is 0 Å². The topological polar surface area (TPSA) is 95.3 Å². The fourth-order valence-electron chi connectivity index (χ4n) is 0.567. The van der Waals surface area contributed by atoms with Gasteiger partial charge < -0.3 is 5.11 Å². The highest BCUT2D eigenvalue weighted by atomic mass is 16.3. The summed E-state index contributed by atoms with van der Waals surface area (Å²) in [6.07, 6.45) is -1.31. The first-order valence-corrected chi connectivity index (χ1v) is 3.28. The average molecular weight is 171 g/mol. The van der Waals surface area contributed by atoms with Gasteiger partial charge in [-0.15, -0.1) is 0 Å². The van der Waals surface area contributed by atoms with Crippen molar-refractivity contribution in [1.82, 2.24) is 0 Å². The van der Waals surface area contributed by atoms with E-state index in [1.165, 1.54) is 6.92 Å². The zero-order valence-corrected chi connectivity index (χ0v) is 6.53. The number of aliphatic hydroxyl groups is 1. The number of ketones is 2. The van der Waals surface area contributed by atoms with Gasteiger partial charge in [0.2, 0.25) is 5.78 Å². The summed E-state index contributed by atoms with van der Waals surface area (Å²) in [6.45, 7) is 1.36. The molecule has 0 amide bonds. The third-order valence-electron chi connectivity index (χ3n) is 1.11. The van der Waals surface area contributed by atoms with E-state index in [1.807, 2.05) is 0 Å². The molecule has 0 aromatic carbocycles. The lowest BCUT2D eigenvalue weighted by atomic mass is 10.1. The number of carbonyl (C=O) groups excluding carboxylic acids is 3. The van der Waals surface area contributed by atoms with Crippen LogP contribution >= 0.6 is 0 Å². The molecule has 2 N–H and O–H groups in total. The fraction of sp³-hybridized carbons (Fsp3) is 0.429. The summed E-state index contributed by atoms with van der Waals surface area (Å²) >= 11 is 0. The first kappa shape index (κ1) is 10.6. The van der Waals surface area contributed by atoms with E-state index in [-0.39, 0.29) is 12.7 Å². The SMILES string of the molecule is CC(O)CC(=O)C(=N)C(=O)C=O. The van der Waals surface area contributed by atoms with E-state index in [2.05, 4.69) is 0 Å². The molecule has 0 aliphatic carbocycles. The molecule has 0 saturated carbocycles. The Morgan fingerprint density at radius 2 is 2.08 bits per heavy atom. The molecule has 0 saturated heterocycles. The lowest BCUT2D eigenvalue weighted by Crippen LogP contribution is -2.26. The third kappa shape index (κ3) is 3.16. The van der Waals surface area contributed by atoms with Crippen molar-refractivity contribution in [3.05, 3.63) is 0 Å². The molecule has 1 unspecified atom stereocenters. The monoisotopic (exact) mass is 171 g/mol. The van der Waals surface area contributed by atoms with Gasteiger partial charge in [0.15, 0.2) is 12.1 Å². The standard InChI is InChI=1S/C7H9NO4/c1-4(10)2-5(11)7(8)6(12)3-9/h3-4,8,10H,2H2,1H3. The molecule has 0 radical (unpaired) electrons. The van der Waals surface area contributed by atoms with E-state index in [4.69, 9.17) is 10.5 Å². The van der Waals surface area contributed by atoms with Crippen molar-refractivity contribution in [1.29, 1.82) is 5.41 Å². The van der Waals surface area contributed by atoms with Crippen LogP contribution < -0.4 is 0 Å². The summed E-state index contributed by atoms with van der Waals surface area (Å²) in [5.41, 5.74) is -0.870. The Labute approximate surface area is 68.9 Å². The van der Waals surface area contributed by atoms with Gasteiger partial charge in [-0.2, -0.15) is 0 Å². The molecule has 0 bridgehead atoms. The van der Waals surface area contributed by atoms with Crippen molar-refractivity contribution >= 4 is 23.6 Å². The van der Waals surface area contributed by atoms with Crippen LogP contribution in [0.3, 0.4) is 0 Å². The molecule has 5 heteroatoms. The number of rotatable bonds is 5. The first-order valence-electron chi connectivity index (χ1n) is 3.28. The molecular weight excluding hydrogens is 162 g/mol. The van der Waals surface area contributed by atoms with Crippen molar-refractivity contribution in [2.24, 2.45) is 0 Å². The molecule has 0 rings (SSSR count). The van der Waals surface area contributed by atoms with Gasteiger partial charge in [0.05, 0.1) is 6.10 Å². The first-order chi connectivity index (χ1) is 5.49. The van der Waals surface area contributed by atoms with Crippen LogP contribution in [0.5, 0.6) is 0 Å². The summed E-state index contributed by atoms with van der Waals surface area (Å²) < 4.78 is 0. The highest BCUT2D eigenvalue weighted by Gasteiger charge is 2.18. The van der Waals surface area contributed by atoms with E-state index in [9.17, 15) is 14.4 Å². The van der Waals surface area contributed by atoms with Gasteiger partial charge in [0.25, 0.3) is 0 Å². The zero-order valence-electron chi connectivity index (χ0n) is 6.53. The number of carbonyl (C=O) groups is 3. The number of hydrogen-bond donors (Lipinski definition) is 2. The predicted octanol–water partition coefficient (Wildman–Crippen LogP) is -0.886. The summed E-state index contributed by atoms with van der Waals surface area (Å²) in [7, 11) is 0. The van der Waals surface area contributed by atoms with Crippen LogP contribution in [0.25, 0.3) is 0 Å². The van der Waals surface area contributed by atoms with Crippen molar-refractivity contribution < 1.29 is 19.5 Å². The lowest BCUT2D eigenvalue weighted by molar-refractivity contribution is -0.126. The maximum absolute atomic E-state index is 10.8. The Kier molecular flexibility index (Phi) is 3.99. The molecular formula is C7H9NO4. The Morgan fingerprint density at radius 1 is 1.58 bits per heavy atom. The Hall–Kier alpha value is -1.36. The van der Waals surface area contributed by atoms with Gasteiger partial charge in [0.1, 0.15) is 5.71 Å². The molecule has 0 aromatic heterocycles. The van der Waals surface area contributed by atoms with Gasteiger partial charge in [-0.1, -0.05) is 0 Å². The summed E-state index contributed by atoms with van der Waals surface area (Å²) in [6, 6.07) is 0. The molecule has 0 fully saturated rings. The molecule has 0 aliphatic heterocycles. The van der Waals surface area contributed by atoms with E-state index in [0.717, 1.165) is 0 Å². The van der Waals surface area contributed by atoms with E-state index in [0.29, 0.717) is 0 Å². The van der Waals surface area contributed by atoms with Crippen molar-refractivity contribution in [3.63, 3.8) is 0 Å². The molecule has 0 heterocycles. The molecule has 0 aliphatic rings. The van der Waals surface area contributed by atoms with Gasteiger partial charge in [0, 0.05) is 6.42 Å². The van der Waals surface area contributed by atoms with Gasteiger partial charge >= 0.3 is 0 Å². The van der Waals surface area contributed by atoms with Gasteiger partial charge in [-0.25, -0.2) is 0 Å². The predicted molar refractivity (Wildman–Crippen MR) is 40.1 cm³/mol. The number of aldehydes is 1. The fourth-order valence-corrected chi connectivity index (χ4v) is 0.567. The van der Waals surface area contributed by atoms with Gasteiger partial charge in [-0.3, -0.25) is 19.8 Å². The third-order valence-corrected chi connectivity index (χ3v) is 1.11. The summed E-state index contributed by atoms with van der Waals surface area (Å²) in [5, 5.41) is 15.6. The second kappa shape index (κ2) is 4.50. The summed E-state index contributed by atoms with van der Waals surface area (Å²) in [5.74, 6) is -1.97. The Bertz CT molecular complexity index is 232. The van der Waals surface area contributed by atoms with Crippen LogP contribution in [-0.4, -0.2) is 34.8 Å². The highest BCUT2D eigenvalue weighted by Crippen LogP contribution is 1.93. The van der Waals surface area contributed by atoms with Crippen LogP contribution in [0.1, 0.15) is 13.3 Å². The summed E-state index contributed by atoms with van der Waals surface area (Å²) in [4.78, 5) is 31.1. The number of hydrogen-bond acceptors (Lipinski definition) is 5. The Balaban J connectivity index is 4.21. The maximum atomic E-state index is 10.8. The van der Waals surface area contributed by atoms with Crippen LogP contribution in [0.15, 0.2) is 0 Å². The second-order valence-corrected chi connectivity index (χ2v) is 2.33. The van der Waals surface area contributed by atoms with E-state index < -0.39 is 23.4 Å². The molecule has 66 valence electrons. The van der Waals surface area contributed by atoms with Crippen molar-refractivity contribution in [3.8, 4) is 0 Å². The van der Waals surface area contributed by atoms with E-state index in [1.54, 1.807) is 0 Å². The molecule has 1 atom stereocenters. The molecule has 5 nitrogen and oxygen atoms in total. The minimum Gasteiger partial charge on any atom is -0.393 e. The number of Topliss-reactive ketones (excluding diaryl/α,β-unsaturated/α-hetero) is 2. The maximum Gasteiger partial charge on any atom is 0.246 e. The smallest absolute Gasteiger partial charge is 0.246 e. The van der Waals surface area contributed by atoms with Crippen molar-refractivity contribution in [2.45, 2.75) is 19.4 Å². The highest BCUT2D eigenvalue weighted by molar-refractivity contribution is 6.75. The largest absolute Gasteiger partial charge is 0.393 e. The number of aliphatic hydroxyl groups excluding tert-OH is 1. The van der Waals surface area contributed by atoms with Crippen LogP contribution in [-0.2, 0) is 14.4 Å². The zero-order chi connectivity index (χ0) is 9.72. The minimum atomic E-state index is -1.15.